The molecule has 2 aromatic carbocycles. The zero-order chi connectivity index (χ0) is 21.0. The minimum absolute atomic E-state index is 0.0183. The van der Waals surface area contributed by atoms with Gasteiger partial charge in [0.05, 0.1) is 17.3 Å². The highest BCUT2D eigenvalue weighted by Crippen LogP contribution is 2.33. The molecular formula is C23H25N3O3. The molecule has 0 spiro atoms. The molecule has 1 unspecified atom stereocenters. The van der Waals surface area contributed by atoms with Crippen LogP contribution in [0.1, 0.15) is 38.3 Å². The number of hydrogen-bond acceptors (Lipinski definition) is 4. The van der Waals surface area contributed by atoms with Gasteiger partial charge in [-0.05, 0) is 50.6 Å². The van der Waals surface area contributed by atoms with Crippen LogP contribution in [0.4, 0.5) is 5.69 Å². The first-order valence-corrected chi connectivity index (χ1v) is 9.76. The lowest BCUT2D eigenvalue weighted by molar-refractivity contribution is -0.133. The monoisotopic (exact) mass is 391 g/mol. The van der Waals surface area contributed by atoms with E-state index in [1.807, 2.05) is 50.2 Å². The van der Waals surface area contributed by atoms with Crippen molar-refractivity contribution in [3.63, 3.8) is 0 Å². The maximum absolute atomic E-state index is 13.0. The van der Waals surface area contributed by atoms with Crippen molar-refractivity contribution in [2.75, 3.05) is 11.4 Å². The SMILES string of the molecule is CC1Oc2ccccc2N(CCC(=O)N(Cc2ccc(C#N)cc2)C(C)C)C1=O. The van der Waals surface area contributed by atoms with Crippen LogP contribution in [-0.2, 0) is 16.1 Å². The maximum atomic E-state index is 13.0. The molecule has 150 valence electrons. The van der Waals surface area contributed by atoms with Gasteiger partial charge < -0.3 is 14.5 Å². The molecule has 0 saturated heterocycles. The summed E-state index contributed by atoms with van der Waals surface area (Å²) in [5.41, 5.74) is 2.26. The Morgan fingerprint density at radius 2 is 1.90 bits per heavy atom. The van der Waals surface area contributed by atoms with Gasteiger partial charge in [0.2, 0.25) is 5.91 Å². The zero-order valence-corrected chi connectivity index (χ0v) is 17.0. The Kier molecular flexibility index (Phi) is 6.18. The number of anilines is 1. The third-order valence-electron chi connectivity index (χ3n) is 5.00. The number of nitrogens with zero attached hydrogens (tertiary/aromatic N) is 3. The van der Waals surface area contributed by atoms with Crippen LogP contribution in [0, 0.1) is 11.3 Å². The van der Waals surface area contributed by atoms with E-state index in [0.29, 0.717) is 30.1 Å². The molecule has 0 saturated carbocycles. The van der Waals surface area contributed by atoms with Crippen LogP contribution in [0.2, 0.25) is 0 Å². The van der Waals surface area contributed by atoms with Gasteiger partial charge in [0, 0.05) is 25.6 Å². The van der Waals surface area contributed by atoms with Crippen molar-refractivity contribution in [1.82, 2.24) is 4.90 Å². The third-order valence-corrected chi connectivity index (χ3v) is 5.00. The molecule has 1 heterocycles. The van der Waals surface area contributed by atoms with E-state index < -0.39 is 6.10 Å². The smallest absolute Gasteiger partial charge is 0.267 e. The standard InChI is InChI=1S/C23H25N3O3/c1-16(2)26(15-19-10-8-18(14-24)9-11-19)22(27)12-13-25-20-6-4-5-7-21(20)29-17(3)23(25)28/h4-11,16-17H,12-13,15H2,1-3H3. The van der Waals surface area contributed by atoms with Crippen molar-refractivity contribution in [1.29, 1.82) is 5.26 Å². The van der Waals surface area contributed by atoms with Crippen LogP contribution in [-0.4, -0.2) is 35.4 Å². The van der Waals surface area contributed by atoms with Gasteiger partial charge in [0.1, 0.15) is 5.75 Å². The van der Waals surface area contributed by atoms with Crippen molar-refractivity contribution in [3.05, 3.63) is 59.7 Å². The number of nitriles is 1. The fourth-order valence-electron chi connectivity index (χ4n) is 3.38. The molecular weight excluding hydrogens is 366 g/mol. The molecule has 0 radical (unpaired) electrons. The first-order valence-electron chi connectivity index (χ1n) is 9.76. The van der Waals surface area contributed by atoms with Crippen molar-refractivity contribution >= 4 is 17.5 Å². The first-order chi connectivity index (χ1) is 13.9. The van der Waals surface area contributed by atoms with Gasteiger partial charge in [-0.1, -0.05) is 24.3 Å². The van der Waals surface area contributed by atoms with E-state index in [9.17, 15) is 9.59 Å². The Bertz CT molecular complexity index is 931. The summed E-state index contributed by atoms with van der Waals surface area (Å²) in [5, 5.41) is 8.93. The Morgan fingerprint density at radius 1 is 1.21 bits per heavy atom. The van der Waals surface area contributed by atoms with Gasteiger partial charge in [-0.3, -0.25) is 9.59 Å². The molecule has 6 heteroatoms. The Balaban J connectivity index is 1.70. The van der Waals surface area contributed by atoms with Crippen LogP contribution in [0.3, 0.4) is 0 Å². The fourth-order valence-corrected chi connectivity index (χ4v) is 3.38. The van der Waals surface area contributed by atoms with E-state index >= 15 is 0 Å². The van der Waals surface area contributed by atoms with Gasteiger partial charge in [0.15, 0.2) is 6.10 Å². The topological polar surface area (TPSA) is 73.6 Å². The summed E-state index contributed by atoms with van der Waals surface area (Å²) in [7, 11) is 0. The molecule has 0 aliphatic carbocycles. The average molecular weight is 391 g/mol. The molecule has 0 fully saturated rings. The maximum Gasteiger partial charge on any atom is 0.267 e. The van der Waals surface area contributed by atoms with Crippen LogP contribution in [0.5, 0.6) is 5.75 Å². The molecule has 3 rings (SSSR count). The van der Waals surface area contributed by atoms with E-state index in [2.05, 4.69) is 6.07 Å². The molecule has 29 heavy (non-hydrogen) atoms. The van der Waals surface area contributed by atoms with E-state index in [0.717, 1.165) is 5.56 Å². The van der Waals surface area contributed by atoms with E-state index in [1.165, 1.54) is 0 Å². The van der Waals surface area contributed by atoms with Crippen LogP contribution in [0.25, 0.3) is 0 Å². The second kappa shape index (κ2) is 8.78. The van der Waals surface area contributed by atoms with Crippen molar-refractivity contribution in [3.8, 4) is 11.8 Å². The molecule has 1 aliphatic rings. The van der Waals surface area contributed by atoms with Gasteiger partial charge in [-0.15, -0.1) is 0 Å². The van der Waals surface area contributed by atoms with Gasteiger partial charge in [0.25, 0.3) is 5.91 Å². The minimum Gasteiger partial charge on any atom is -0.479 e. The number of benzene rings is 2. The molecule has 0 bridgehead atoms. The molecule has 2 aromatic rings. The fraction of sp³-hybridized carbons (Fsp3) is 0.348. The normalized spacial score (nSPS) is 15.5. The van der Waals surface area contributed by atoms with Crippen molar-refractivity contribution in [2.24, 2.45) is 0 Å². The molecule has 1 aliphatic heterocycles. The summed E-state index contributed by atoms with van der Waals surface area (Å²) in [4.78, 5) is 29.0. The zero-order valence-electron chi connectivity index (χ0n) is 17.0. The molecule has 1 atom stereocenters. The highest BCUT2D eigenvalue weighted by Gasteiger charge is 2.31. The number of ether oxygens (including phenoxy) is 1. The summed E-state index contributed by atoms with van der Waals surface area (Å²) in [6.45, 7) is 6.43. The summed E-state index contributed by atoms with van der Waals surface area (Å²) in [6.07, 6.45) is -0.346. The van der Waals surface area contributed by atoms with Gasteiger partial charge >= 0.3 is 0 Å². The first kappa shape index (κ1) is 20.4. The average Bonchev–Trinajstić information content (AvgIpc) is 2.72. The quantitative estimate of drug-likeness (QED) is 0.755. The molecule has 0 aromatic heterocycles. The largest absolute Gasteiger partial charge is 0.479 e. The number of para-hydroxylation sites is 2. The number of fused-ring (bicyclic) bond motifs is 1. The summed E-state index contributed by atoms with van der Waals surface area (Å²) in [5.74, 6) is 0.499. The lowest BCUT2D eigenvalue weighted by Crippen LogP contribution is -2.46. The highest BCUT2D eigenvalue weighted by atomic mass is 16.5. The van der Waals surface area contributed by atoms with Crippen LogP contribution >= 0.6 is 0 Å². The lowest BCUT2D eigenvalue weighted by atomic mass is 10.1. The second-order valence-electron chi connectivity index (χ2n) is 7.39. The summed E-state index contributed by atoms with van der Waals surface area (Å²) in [6, 6.07) is 16.7. The van der Waals surface area contributed by atoms with E-state index in [-0.39, 0.29) is 24.3 Å². The number of amides is 2. The molecule has 2 amide bonds. The number of hydrogen-bond donors (Lipinski definition) is 0. The Labute approximate surface area is 171 Å². The van der Waals surface area contributed by atoms with Crippen molar-refractivity contribution in [2.45, 2.75) is 45.9 Å². The summed E-state index contributed by atoms with van der Waals surface area (Å²) < 4.78 is 5.66. The summed E-state index contributed by atoms with van der Waals surface area (Å²) >= 11 is 0. The van der Waals surface area contributed by atoms with Gasteiger partial charge in [-0.25, -0.2) is 0 Å². The van der Waals surface area contributed by atoms with Crippen LogP contribution < -0.4 is 9.64 Å². The third kappa shape index (κ3) is 4.57. The number of rotatable bonds is 6. The Morgan fingerprint density at radius 3 is 2.55 bits per heavy atom. The van der Waals surface area contributed by atoms with Crippen LogP contribution in [0.15, 0.2) is 48.5 Å². The second-order valence-corrected chi connectivity index (χ2v) is 7.39. The van der Waals surface area contributed by atoms with Gasteiger partial charge in [-0.2, -0.15) is 5.26 Å². The predicted octanol–water partition coefficient (Wildman–Crippen LogP) is 3.50. The minimum atomic E-state index is -0.570. The highest BCUT2D eigenvalue weighted by molar-refractivity contribution is 6.00. The van der Waals surface area contributed by atoms with E-state index in [1.54, 1.807) is 28.9 Å². The lowest BCUT2D eigenvalue weighted by Gasteiger charge is -2.34. The number of carbonyl (C=O) groups is 2. The number of carbonyl (C=O) groups excluding carboxylic acids is 2. The predicted molar refractivity (Wildman–Crippen MR) is 110 cm³/mol. The van der Waals surface area contributed by atoms with Crippen molar-refractivity contribution < 1.29 is 14.3 Å². The molecule has 0 N–H and O–H groups in total. The molecule has 6 nitrogen and oxygen atoms in total. The van der Waals surface area contributed by atoms with E-state index in [4.69, 9.17) is 10.00 Å². The Hall–Kier alpha value is -3.33.